The van der Waals surface area contributed by atoms with E-state index in [0.29, 0.717) is 6.73 Å². The Morgan fingerprint density at radius 1 is 1.30 bits per heavy atom. The summed E-state index contributed by atoms with van der Waals surface area (Å²) in [6.45, 7) is 8.35. The highest BCUT2D eigenvalue weighted by molar-refractivity contribution is 14.1. The molecule has 0 N–H and O–H groups in total. The van der Waals surface area contributed by atoms with E-state index in [2.05, 4.69) is 57.2 Å². The Labute approximate surface area is 134 Å². The van der Waals surface area contributed by atoms with Crippen LogP contribution in [-0.2, 0) is 11.5 Å². The van der Waals surface area contributed by atoms with Crippen molar-refractivity contribution in [2.75, 3.05) is 6.61 Å². The number of hydrogen-bond acceptors (Lipinski definition) is 4. The summed E-state index contributed by atoms with van der Waals surface area (Å²) in [6.07, 6.45) is 7.02. The molecule has 0 amide bonds. The third kappa shape index (κ3) is 4.64. The fraction of sp³-hybridized carbons (Fsp3) is 0.462. The zero-order chi connectivity index (χ0) is 14.6. The number of nitrogens with zero attached hydrogens (tertiary/aromatic N) is 4. The zero-order valence-electron chi connectivity index (χ0n) is 12.0. The highest BCUT2D eigenvalue weighted by Gasteiger charge is 2.13. The van der Waals surface area contributed by atoms with Gasteiger partial charge >= 0.3 is 0 Å². The third-order valence-corrected chi connectivity index (χ3v) is 4.99. The highest BCUT2D eigenvalue weighted by Crippen LogP contribution is 2.17. The molecule has 108 valence electrons. The van der Waals surface area contributed by atoms with Crippen molar-refractivity contribution in [1.82, 2.24) is 19.5 Å². The quantitative estimate of drug-likeness (QED) is 0.423. The van der Waals surface area contributed by atoms with Crippen LogP contribution in [0.1, 0.15) is 0 Å². The first-order chi connectivity index (χ1) is 9.46. The van der Waals surface area contributed by atoms with Gasteiger partial charge in [-0.25, -0.2) is 9.97 Å². The molecule has 0 saturated heterocycles. The second-order valence-electron chi connectivity index (χ2n) is 5.80. The van der Waals surface area contributed by atoms with Crippen molar-refractivity contribution in [3.05, 3.63) is 28.5 Å². The smallest absolute Gasteiger partial charge is 0.163 e. The molecule has 0 aliphatic heterocycles. The van der Waals surface area contributed by atoms with Crippen LogP contribution in [0, 0.1) is 3.70 Å². The summed E-state index contributed by atoms with van der Waals surface area (Å²) in [5, 5.41) is 0. The lowest BCUT2D eigenvalue weighted by atomic mass is 10.4. The number of imidazole rings is 1. The maximum atomic E-state index is 5.78. The van der Waals surface area contributed by atoms with E-state index < -0.39 is 8.07 Å². The largest absolute Gasteiger partial charge is 0.361 e. The van der Waals surface area contributed by atoms with Crippen molar-refractivity contribution >= 4 is 30.7 Å². The van der Waals surface area contributed by atoms with Crippen LogP contribution in [0.4, 0.5) is 0 Å². The molecule has 0 unspecified atom stereocenters. The van der Waals surface area contributed by atoms with E-state index in [0.717, 1.165) is 21.8 Å². The summed E-state index contributed by atoms with van der Waals surface area (Å²) in [6, 6.07) is 1.17. The molecular formula is C13H19IN4OSi. The van der Waals surface area contributed by atoms with Gasteiger partial charge in [0.05, 0.1) is 6.20 Å². The molecule has 7 heteroatoms. The minimum Gasteiger partial charge on any atom is -0.361 e. The molecule has 2 rings (SSSR count). The molecule has 5 nitrogen and oxygen atoms in total. The SMILES string of the molecule is C[Si](C)(C)CCOCn1cc(I)nc1-c1cnccn1. The van der Waals surface area contributed by atoms with Gasteiger partial charge in [-0.1, -0.05) is 19.6 Å². The summed E-state index contributed by atoms with van der Waals surface area (Å²) in [4.78, 5) is 12.9. The summed E-state index contributed by atoms with van der Waals surface area (Å²) in [5.74, 6) is 0.801. The van der Waals surface area contributed by atoms with E-state index in [-0.39, 0.29) is 0 Å². The average molecular weight is 402 g/mol. The predicted octanol–water partition coefficient (Wildman–Crippen LogP) is 3.26. The molecule has 0 aromatic carbocycles. The molecule has 20 heavy (non-hydrogen) atoms. The number of ether oxygens (including phenoxy) is 1. The Kier molecular flexibility index (Phi) is 5.27. The molecule has 0 atom stereocenters. The lowest BCUT2D eigenvalue weighted by molar-refractivity contribution is 0.0882. The molecule has 0 bridgehead atoms. The highest BCUT2D eigenvalue weighted by atomic mass is 127. The summed E-state index contributed by atoms with van der Waals surface area (Å²) in [7, 11) is -1.04. The molecule has 2 aromatic rings. The molecule has 0 aliphatic rings. The van der Waals surface area contributed by atoms with Crippen molar-refractivity contribution in [2.45, 2.75) is 32.4 Å². The topological polar surface area (TPSA) is 52.8 Å². The maximum Gasteiger partial charge on any atom is 0.163 e. The number of hydrogen-bond donors (Lipinski definition) is 0. The van der Waals surface area contributed by atoms with Gasteiger partial charge in [0.25, 0.3) is 0 Å². The predicted molar refractivity (Wildman–Crippen MR) is 90.1 cm³/mol. The monoisotopic (exact) mass is 402 g/mol. The minimum absolute atomic E-state index is 0.506. The molecule has 0 radical (unpaired) electrons. The van der Waals surface area contributed by atoms with Gasteiger partial charge in [0.1, 0.15) is 16.1 Å². The van der Waals surface area contributed by atoms with E-state index in [1.54, 1.807) is 18.6 Å². The van der Waals surface area contributed by atoms with Crippen LogP contribution in [0.15, 0.2) is 24.8 Å². The Morgan fingerprint density at radius 2 is 2.10 bits per heavy atom. The van der Waals surface area contributed by atoms with Crippen molar-refractivity contribution < 1.29 is 4.74 Å². The molecule has 2 heterocycles. The summed E-state index contributed by atoms with van der Waals surface area (Å²) < 4.78 is 8.69. The lowest BCUT2D eigenvalue weighted by Gasteiger charge is -2.15. The lowest BCUT2D eigenvalue weighted by Crippen LogP contribution is -2.22. The fourth-order valence-corrected chi connectivity index (χ4v) is 2.96. The second-order valence-corrected chi connectivity index (χ2v) is 12.5. The Balaban J connectivity index is 2.02. The van der Waals surface area contributed by atoms with Crippen LogP contribution >= 0.6 is 22.6 Å². The van der Waals surface area contributed by atoms with Crippen molar-refractivity contribution in [2.24, 2.45) is 0 Å². The van der Waals surface area contributed by atoms with E-state index in [1.807, 2.05) is 10.8 Å². The van der Waals surface area contributed by atoms with Crippen LogP contribution in [0.3, 0.4) is 0 Å². The maximum absolute atomic E-state index is 5.78. The standard InChI is InChI=1S/C13H19IN4OSi/c1-20(2,3)7-6-19-10-18-9-12(14)17-13(18)11-8-15-4-5-16-11/h4-5,8-9H,6-7,10H2,1-3H3. The molecule has 2 aromatic heterocycles. The Morgan fingerprint density at radius 3 is 2.75 bits per heavy atom. The number of rotatable bonds is 6. The van der Waals surface area contributed by atoms with Crippen LogP contribution in [-0.4, -0.2) is 34.2 Å². The Hall–Kier alpha value is -0.803. The third-order valence-electron chi connectivity index (χ3n) is 2.77. The van der Waals surface area contributed by atoms with Crippen molar-refractivity contribution in [1.29, 1.82) is 0 Å². The first-order valence-corrected chi connectivity index (χ1v) is 11.3. The van der Waals surface area contributed by atoms with Gasteiger partial charge in [-0.15, -0.1) is 0 Å². The van der Waals surface area contributed by atoms with Crippen LogP contribution in [0.25, 0.3) is 11.5 Å². The van der Waals surface area contributed by atoms with Crippen molar-refractivity contribution in [3.63, 3.8) is 0 Å². The Bertz CT molecular complexity index is 553. The number of aromatic nitrogens is 4. The molecule has 0 aliphatic carbocycles. The summed E-state index contributed by atoms with van der Waals surface area (Å²) >= 11 is 2.20. The van der Waals surface area contributed by atoms with Crippen LogP contribution in [0.5, 0.6) is 0 Å². The van der Waals surface area contributed by atoms with Crippen LogP contribution < -0.4 is 0 Å². The zero-order valence-corrected chi connectivity index (χ0v) is 15.2. The molecule has 0 fully saturated rings. The summed E-state index contributed by atoms with van der Waals surface area (Å²) in [5.41, 5.74) is 0.768. The van der Waals surface area contributed by atoms with Gasteiger partial charge in [-0.05, 0) is 28.6 Å². The first kappa shape index (κ1) is 15.6. The second kappa shape index (κ2) is 6.77. The van der Waals surface area contributed by atoms with Gasteiger partial charge in [0, 0.05) is 33.3 Å². The normalized spacial score (nSPS) is 11.8. The van der Waals surface area contributed by atoms with Crippen molar-refractivity contribution in [3.8, 4) is 11.5 Å². The van der Waals surface area contributed by atoms with E-state index >= 15 is 0 Å². The van der Waals surface area contributed by atoms with Gasteiger partial charge in [-0.3, -0.25) is 4.98 Å². The van der Waals surface area contributed by atoms with E-state index in [9.17, 15) is 0 Å². The minimum atomic E-state index is -1.04. The molecule has 0 saturated carbocycles. The molecule has 0 spiro atoms. The van der Waals surface area contributed by atoms with Crippen LogP contribution in [0.2, 0.25) is 25.7 Å². The van der Waals surface area contributed by atoms with Gasteiger partial charge in [-0.2, -0.15) is 0 Å². The molecular weight excluding hydrogens is 383 g/mol. The van der Waals surface area contributed by atoms with Gasteiger partial charge < -0.3 is 9.30 Å². The van der Waals surface area contributed by atoms with E-state index in [1.165, 1.54) is 6.04 Å². The fourth-order valence-electron chi connectivity index (χ4n) is 1.64. The first-order valence-electron chi connectivity index (χ1n) is 6.52. The van der Waals surface area contributed by atoms with Gasteiger partial charge in [0.15, 0.2) is 5.82 Å². The number of halogens is 1. The van der Waals surface area contributed by atoms with Gasteiger partial charge in [0.2, 0.25) is 0 Å². The van der Waals surface area contributed by atoms with E-state index in [4.69, 9.17) is 4.74 Å². The average Bonchev–Trinajstić information content (AvgIpc) is 2.76.